The number of hydrogen-bond donors (Lipinski definition) is 1. The van der Waals surface area contributed by atoms with Crippen LogP contribution in [0.5, 0.6) is 5.75 Å². The van der Waals surface area contributed by atoms with Gasteiger partial charge in [0, 0.05) is 22.1 Å². The van der Waals surface area contributed by atoms with E-state index in [1.807, 2.05) is 63.2 Å². The van der Waals surface area contributed by atoms with Crippen molar-refractivity contribution in [3.8, 4) is 5.75 Å². The minimum atomic E-state index is -4.15. The van der Waals surface area contributed by atoms with Gasteiger partial charge in [-0.15, -0.1) is 0 Å². The molecule has 1 N–H and O–H groups in total. The predicted octanol–water partition coefficient (Wildman–Crippen LogP) is 6.05. The summed E-state index contributed by atoms with van der Waals surface area (Å²) in [5.74, 6) is -0.263. The van der Waals surface area contributed by atoms with E-state index in [0.29, 0.717) is 11.4 Å². The van der Waals surface area contributed by atoms with Gasteiger partial charge in [0.1, 0.15) is 18.3 Å². The minimum Gasteiger partial charge on any atom is -0.497 e. The molecule has 0 bridgehead atoms. The largest absolute Gasteiger partial charge is 0.497 e. The van der Waals surface area contributed by atoms with Crippen LogP contribution in [0.25, 0.3) is 0 Å². The quantitative estimate of drug-likeness (QED) is 0.179. The molecule has 8 nitrogen and oxygen atoms in total. The highest BCUT2D eigenvalue weighted by molar-refractivity contribution is 14.1. The highest BCUT2D eigenvalue weighted by Crippen LogP contribution is 2.26. The first-order chi connectivity index (χ1) is 21.4. The van der Waals surface area contributed by atoms with Crippen LogP contribution in [0, 0.1) is 3.57 Å². The summed E-state index contributed by atoms with van der Waals surface area (Å²) in [4.78, 5) is 30.0. The lowest BCUT2D eigenvalue weighted by atomic mass is 10.0. The Hall–Kier alpha value is -3.90. The molecule has 0 heterocycles. The monoisotopic (exact) mass is 739 g/mol. The Labute approximate surface area is 279 Å². The maximum absolute atomic E-state index is 14.5. The van der Waals surface area contributed by atoms with Crippen molar-refractivity contribution in [1.29, 1.82) is 0 Å². The van der Waals surface area contributed by atoms with E-state index in [4.69, 9.17) is 4.74 Å². The number of ether oxygens (including phenoxy) is 1. The molecule has 0 saturated carbocycles. The van der Waals surface area contributed by atoms with Crippen molar-refractivity contribution < 1.29 is 22.7 Å². The van der Waals surface area contributed by atoms with Crippen LogP contribution in [-0.2, 0) is 32.6 Å². The third kappa shape index (κ3) is 9.30. The Morgan fingerprint density at radius 2 is 1.44 bits per heavy atom. The summed E-state index contributed by atoms with van der Waals surface area (Å²) < 4.78 is 35.6. The van der Waals surface area contributed by atoms with Gasteiger partial charge in [-0.3, -0.25) is 13.9 Å². The summed E-state index contributed by atoms with van der Waals surface area (Å²) in [5.41, 5.74) is 1.37. The zero-order valence-electron chi connectivity index (χ0n) is 25.8. The van der Waals surface area contributed by atoms with E-state index in [-0.39, 0.29) is 23.8 Å². The average Bonchev–Trinajstić information content (AvgIpc) is 3.02. The third-order valence-electron chi connectivity index (χ3n) is 6.98. The number of anilines is 1. The Bertz CT molecular complexity index is 1690. The second kappa shape index (κ2) is 14.9. The fourth-order valence-corrected chi connectivity index (χ4v) is 6.62. The van der Waals surface area contributed by atoms with E-state index in [0.717, 1.165) is 19.0 Å². The first-order valence-corrected chi connectivity index (χ1v) is 17.0. The molecule has 0 aliphatic rings. The van der Waals surface area contributed by atoms with Crippen LogP contribution in [0.1, 0.15) is 31.9 Å². The van der Waals surface area contributed by atoms with Crippen molar-refractivity contribution >= 4 is 50.1 Å². The second-order valence-corrected chi connectivity index (χ2v) is 14.7. The van der Waals surface area contributed by atoms with Crippen molar-refractivity contribution in [2.45, 2.75) is 50.2 Å². The Morgan fingerprint density at radius 3 is 2.04 bits per heavy atom. The van der Waals surface area contributed by atoms with E-state index in [1.165, 1.54) is 17.0 Å². The lowest BCUT2D eigenvalue weighted by molar-refractivity contribution is -0.140. The molecule has 0 aliphatic heterocycles. The molecule has 1 unspecified atom stereocenters. The molecular formula is C35H38IN3O5S. The number of carbonyl (C=O) groups excluding carboxylic acids is 2. The maximum atomic E-state index is 14.5. The molecule has 2 amide bonds. The average molecular weight is 740 g/mol. The lowest BCUT2D eigenvalue weighted by Crippen LogP contribution is -2.56. The van der Waals surface area contributed by atoms with Crippen LogP contribution in [-0.4, -0.2) is 50.4 Å². The normalized spacial score (nSPS) is 12.2. The van der Waals surface area contributed by atoms with Gasteiger partial charge in [0.25, 0.3) is 10.0 Å². The van der Waals surface area contributed by atoms with E-state index in [1.54, 1.807) is 61.7 Å². The van der Waals surface area contributed by atoms with Crippen LogP contribution >= 0.6 is 22.6 Å². The topological polar surface area (TPSA) is 96.0 Å². The molecule has 1 atom stereocenters. The summed E-state index contributed by atoms with van der Waals surface area (Å²) >= 11 is 2.15. The molecule has 4 aromatic rings. The molecule has 45 heavy (non-hydrogen) atoms. The van der Waals surface area contributed by atoms with Crippen LogP contribution in [0.4, 0.5) is 5.69 Å². The smallest absolute Gasteiger partial charge is 0.264 e. The van der Waals surface area contributed by atoms with Gasteiger partial charge in [0.2, 0.25) is 11.8 Å². The predicted molar refractivity (Wildman–Crippen MR) is 186 cm³/mol. The molecule has 0 aromatic heterocycles. The van der Waals surface area contributed by atoms with Gasteiger partial charge in [-0.25, -0.2) is 8.42 Å². The van der Waals surface area contributed by atoms with Gasteiger partial charge in [0.15, 0.2) is 0 Å². The number of sulfonamides is 1. The second-order valence-electron chi connectivity index (χ2n) is 11.6. The summed E-state index contributed by atoms with van der Waals surface area (Å²) in [7, 11) is -2.59. The third-order valence-corrected chi connectivity index (χ3v) is 9.49. The molecule has 0 radical (unpaired) electrons. The van der Waals surface area contributed by atoms with Gasteiger partial charge in [0.05, 0.1) is 17.7 Å². The molecule has 10 heteroatoms. The van der Waals surface area contributed by atoms with Gasteiger partial charge >= 0.3 is 0 Å². The fraction of sp³-hybridized carbons (Fsp3) is 0.257. The summed E-state index contributed by atoms with van der Waals surface area (Å²) in [5, 5.41) is 3.04. The van der Waals surface area contributed by atoms with Crippen molar-refractivity contribution in [2.75, 3.05) is 18.0 Å². The first kappa shape index (κ1) is 34.0. The fourth-order valence-electron chi connectivity index (χ4n) is 4.83. The highest BCUT2D eigenvalue weighted by atomic mass is 127. The Kier molecular flexibility index (Phi) is 11.3. The summed E-state index contributed by atoms with van der Waals surface area (Å²) in [6.45, 7) is 5.17. The maximum Gasteiger partial charge on any atom is 0.264 e. The van der Waals surface area contributed by atoms with E-state index < -0.39 is 34.1 Å². The van der Waals surface area contributed by atoms with E-state index in [2.05, 4.69) is 27.9 Å². The lowest BCUT2D eigenvalue weighted by Gasteiger charge is -2.35. The number of benzene rings is 4. The number of amides is 2. The van der Waals surface area contributed by atoms with Gasteiger partial charge in [-0.05, 0) is 103 Å². The zero-order valence-corrected chi connectivity index (χ0v) is 28.8. The Morgan fingerprint density at radius 1 is 0.844 bits per heavy atom. The molecule has 4 rings (SSSR count). The highest BCUT2D eigenvalue weighted by Gasteiger charge is 2.35. The standard InChI is InChI=1S/C35H38IN3O5S/c1-35(2,3)37-34(41)32(23-26-12-7-5-8-13-26)38(24-27-14-11-15-30(22-27)44-4)33(40)25-39(29-20-18-28(36)19-21-29)45(42,43)31-16-9-6-10-17-31/h5-22,32H,23-25H2,1-4H3,(H,37,41). The molecule has 0 spiro atoms. The van der Waals surface area contributed by atoms with Crippen molar-refractivity contribution in [1.82, 2.24) is 10.2 Å². The number of rotatable bonds is 12. The van der Waals surface area contributed by atoms with Crippen LogP contribution in [0.15, 0.2) is 114 Å². The van der Waals surface area contributed by atoms with E-state index in [9.17, 15) is 18.0 Å². The van der Waals surface area contributed by atoms with Gasteiger partial charge < -0.3 is 15.0 Å². The molecule has 0 fully saturated rings. The molecule has 4 aromatic carbocycles. The SMILES string of the molecule is COc1cccc(CN(C(=O)CN(c2ccc(I)cc2)S(=O)(=O)c2ccccc2)C(Cc2ccccc2)C(=O)NC(C)(C)C)c1. The van der Waals surface area contributed by atoms with Crippen molar-refractivity contribution in [2.24, 2.45) is 0 Å². The number of carbonyl (C=O) groups is 2. The van der Waals surface area contributed by atoms with Gasteiger partial charge in [-0.1, -0.05) is 60.7 Å². The van der Waals surface area contributed by atoms with Crippen molar-refractivity contribution in [3.63, 3.8) is 0 Å². The van der Waals surface area contributed by atoms with Gasteiger partial charge in [-0.2, -0.15) is 0 Å². The van der Waals surface area contributed by atoms with Crippen LogP contribution < -0.4 is 14.4 Å². The number of nitrogens with one attached hydrogen (secondary N) is 1. The number of halogens is 1. The summed E-state index contributed by atoms with van der Waals surface area (Å²) in [6.07, 6.45) is 0.230. The first-order valence-electron chi connectivity index (χ1n) is 14.5. The molecule has 0 saturated heterocycles. The van der Waals surface area contributed by atoms with Crippen LogP contribution in [0.3, 0.4) is 0 Å². The van der Waals surface area contributed by atoms with E-state index >= 15 is 0 Å². The summed E-state index contributed by atoms with van der Waals surface area (Å²) in [6, 6.07) is 30.7. The molecule has 0 aliphatic carbocycles. The zero-order chi connectivity index (χ0) is 32.6. The Balaban J connectivity index is 1.82. The number of nitrogens with zero attached hydrogens (tertiary/aromatic N) is 2. The minimum absolute atomic E-state index is 0.0526. The number of hydrogen-bond acceptors (Lipinski definition) is 5. The molecule has 236 valence electrons. The number of methoxy groups -OCH3 is 1. The molecular weight excluding hydrogens is 701 g/mol. The van der Waals surface area contributed by atoms with Crippen LogP contribution in [0.2, 0.25) is 0 Å². The van der Waals surface area contributed by atoms with Crippen molar-refractivity contribution in [3.05, 3.63) is 124 Å².